The Labute approximate surface area is 87.2 Å². The molecule has 1 heterocycles. The van der Waals surface area contributed by atoms with Gasteiger partial charge in [0.1, 0.15) is 5.82 Å². The summed E-state index contributed by atoms with van der Waals surface area (Å²) in [6.45, 7) is 4.62. The molecular weight excluding hydrogens is 198 g/mol. The minimum Gasteiger partial charge on any atom is -0.334 e. The van der Waals surface area contributed by atoms with Crippen LogP contribution in [0, 0.1) is 6.92 Å². The Morgan fingerprint density at radius 3 is 2.93 bits per heavy atom. The molecule has 0 aromatic carbocycles. The average Bonchev–Trinajstić information content (AvgIpc) is 2.51. The first-order valence-corrected chi connectivity index (χ1v) is 6.41. The molecule has 0 amide bonds. The van der Waals surface area contributed by atoms with Gasteiger partial charge in [-0.2, -0.15) is 0 Å². The SMILES string of the molecule is Cc1nccn1CCNCCS(C)=O. The van der Waals surface area contributed by atoms with Crippen LogP contribution in [0.15, 0.2) is 12.4 Å². The van der Waals surface area contributed by atoms with Gasteiger partial charge >= 0.3 is 0 Å². The van der Waals surface area contributed by atoms with Crippen LogP contribution in [0.4, 0.5) is 0 Å². The van der Waals surface area contributed by atoms with Crippen LogP contribution in [0.2, 0.25) is 0 Å². The molecule has 1 atom stereocenters. The standard InChI is InChI=1S/C9H17N3OS/c1-9-11-4-7-12(9)6-3-10-5-8-14(2)13/h4,7,10H,3,5-6,8H2,1-2H3. The van der Waals surface area contributed by atoms with Gasteiger partial charge in [0.05, 0.1) is 0 Å². The topological polar surface area (TPSA) is 46.9 Å². The van der Waals surface area contributed by atoms with Crippen molar-refractivity contribution in [3.8, 4) is 0 Å². The first-order valence-electron chi connectivity index (χ1n) is 4.68. The number of imidazole rings is 1. The molecular formula is C9H17N3OS. The van der Waals surface area contributed by atoms with Crippen LogP contribution in [0.25, 0.3) is 0 Å². The fraction of sp³-hybridized carbons (Fsp3) is 0.667. The Morgan fingerprint density at radius 2 is 2.36 bits per heavy atom. The number of rotatable bonds is 6. The molecule has 1 N–H and O–H groups in total. The number of nitrogens with one attached hydrogen (secondary N) is 1. The van der Waals surface area contributed by atoms with E-state index in [0.29, 0.717) is 0 Å². The molecule has 0 spiro atoms. The molecule has 14 heavy (non-hydrogen) atoms. The molecule has 0 aliphatic rings. The molecule has 1 aromatic rings. The van der Waals surface area contributed by atoms with E-state index in [0.717, 1.165) is 31.2 Å². The molecule has 0 radical (unpaired) electrons. The predicted molar refractivity (Wildman–Crippen MR) is 58.8 cm³/mol. The summed E-state index contributed by atoms with van der Waals surface area (Å²) in [7, 11) is -0.692. The quantitative estimate of drug-likeness (QED) is 0.688. The maximum absolute atomic E-state index is 10.7. The van der Waals surface area contributed by atoms with Crippen LogP contribution in [-0.2, 0) is 17.3 Å². The molecule has 1 rings (SSSR count). The zero-order valence-electron chi connectivity index (χ0n) is 8.69. The molecule has 80 valence electrons. The second-order valence-corrected chi connectivity index (χ2v) is 4.75. The van der Waals surface area contributed by atoms with Crippen LogP contribution >= 0.6 is 0 Å². The van der Waals surface area contributed by atoms with E-state index in [1.54, 1.807) is 12.5 Å². The predicted octanol–water partition coefficient (Wildman–Crippen LogP) is 0.160. The van der Waals surface area contributed by atoms with E-state index in [-0.39, 0.29) is 0 Å². The van der Waals surface area contributed by atoms with Crippen molar-refractivity contribution in [2.75, 3.05) is 25.1 Å². The van der Waals surface area contributed by atoms with Gasteiger partial charge in [-0.15, -0.1) is 0 Å². The van der Waals surface area contributed by atoms with Gasteiger partial charge in [0.25, 0.3) is 0 Å². The highest BCUT2D eigenvalue weighted by atomic mass is 32.2. The van der Waals surface area contributed by atoms with Gasteiger partial charge in [-0.1, -0.05) is 0 Å². The molecule has 1 aromatic heterocycles. The maximum atomic E-state index is 10.7. The average molecular weight is 215 g/mol. The molecule has 0 aliphatic heterocycles. The van der Waals surface area contributed by atoms with Gasteiger partial charge in [0.15, 0.2) is 0 Å². The van der Waals surface area contributed by atoms with Crippen molar-refractivity contribution in [2.24, 2.45) is 0 Å². The Morgan fingerprint density at radius 1 is 1.57 bits per heavy atom. The number of aryl methyl sites for hydroxylation is 1. The lowest BCUT2D eigenvalue weighted by molar-refractivity contribution is 0.601. The second kappa shape index (κ2) is 5.93. The van der Waals surface area contributed by atoms with E-state index in [4.69, 9.17) is 0 Å². The van der Waals surface area contributed by atoms with E-state index in [9.17, 15) is 4.21 Å². The van der Waals surface area contributed by atoms with Crippen LogP contribution in [0.1, 0.15) is 5.82 Å². The normalized spacial score (nSPS) is 13.0. The first kappa shape index (κ1) is 11.4. The van der Waals surface area contributed by atoms with E-state index in [1.807, 2.05) is 13.1 Å². The van der Waals surface area contributed by atoms with Crippen molar-refractivity contribution in [3.63, 3.8) is 0 Å². The lowest BCUT2D eigenvalue weighted by atomic mass is 10.5. The third-order valence-corrected chi connectivity index (χ3v) is 2.80. The molecule has 0 fully saturated rings. The molecule has 0 bridgehead atoms. The van der Waals surface area contributed by atoms with Gasteiger partial charge in [0, 0.05) is 54.8 Å². The summed E-state index contributed by atoms with van der Waals surface area (Å²) in [5.74, 6) is 1.76. The second-order valence-electron chi connectivity index (χ2n) is 3.20. The summed E-state index contributed by atoms with van der Waals surface area (Å²) in [6.07, 6.45) is 5.49. The number of aromatic nitrogens is 2. The summed E-state index contributed by atoms with van der Waals surface area (Å²) in [5.41, 5.74) is 0. The van der Waals surface area contributed by atoms with Crippen molar-refractivity contribution >= 4 is 10.8 Å². The molecule has 1 unspecified atom stereocenters. The number of nitrogens with zero attached hydrogens (tertiary/aromatic N) is 2. The summed E-state index contributed by atoms with van der Waals surface area (Å²) < 4.78 is 12.8. The zero-order valence-corrected chi connectivity index (χ0v) is 9.51. The van der Waals surface area contributed by atoms with Crippen molar-refractivity contribution in [2.45, 2.75) is 13.5 Å². The summed E-state index contributed by atoms with van der Waals surface area (Å²) >= 11 is 0. The fourth-order valence-electron chi connectivity index (χ4n) is 1.18. The summed E-state index contributed by atoms with van der Waals surface area (Å²) in [6, 6.07) is 0. The fourth-order valence-corrected chi connectivity index (χ4v) is 1.61. The van der Waals surface area contributed by atoms with E-state index in [1.165, 1.54) is 0 Å². The molecule has 4 nitrogen and oxygen atoms in total. The van der Waals surface area contributed by atoms with Gasteiger partial charge in [-0.25, -0.2) is 4.98 Å². The van der Waals surface area contributed by atoms with Gasteiger partial charge < -0.3 is 9.88 Å². The van der Waals surface area contributed by atoms with Crippen LogP contribution in [0.5, 0.6) is 0 Å². The Bertz CT molecular complexity index is 298. The Kier molecular flexibility index (Phi) is 4.82. The Hall–Kier alpha value is -0.680. The largest absolute Gasteiger partial charge is 0.334 e. The smallest absolute Gasteiger partial charge is 0.105 e. The third-order valence-electron chi connectivity index (χ3n) is 2.02. The van der Waals surface area contributed by atoms with Crippen LogP contribution in [-0.4, -0.2) is 38.9 Å². The van der Waals surface area contributed by atoms with Gasteiger partial charge in [0.2, 0.25) is 0 Å². The molecule has 5 heteroatoms. The summed E-state index contributed by atoms with van der Waals surface area (Å²) in [5, 5.41) is 3.24. The monoisotopic (exact) mass is 215 g/mol. The highest BCUT2D eigenvalue weighted by Crippen LogP contribution is 1.92. The number of hydrogen-bond donors (Lipinski definition) is 1. The minimum atomic E-state index is -0.692. The Balaban J connectivity index is 2.10. The lowest BCUT2D eigenvalue weighted by Crippen LogP contribution is -2.24. The van der Waals surface area contributed by atoms with Gasteiger partial charge in [-0.3, -0.25) is 4.21 Å². The molecule has 0 saturated heterocycles. The first-order chi connectivity index (χ1) is 6.70. The third kappa shape index (κ3) is 4.02. The van der Waals surface area contributed by atoms with Crippen molar-refractivity contribution in [1.82, 2.24) is 14.9 Å². The molecule has 0 saturated carbocycles. The highest BCUT2D eigenvalue weighted by Gasteiger charge is 1.95. The van der Waals surface area contributed by atoms with E-state index in [2.05, 4.69) is 14.9 Å². The van der Waals surface area contributed by atoms with E-state index >= 15 is 0 Å². The zero-order chi connectivity index (χ0) is 10.4. The van der Waals surface area contributed by atoms with Crippen LogP contribution < -0.4 is 5.32 Å². The summed E-state index contributed by atoms with van der Waals surface area (Å²) in [4.78, 5) is 4.13. The van der Waals surface area contributed by atoms with Crippen molar-refractivity contribution in [3.05, 3.63) is 18.2 Å². The van der Waals surface area contributed by atoms with Gasteiger partial charge in [-0.05, 0) is 6.92 Å². The van der Waals surface area contributed by atoms with Crippen LogP contribution in [0.3, 0.4) is 0 Å². The van der Waals surface area contributed by atoms with Crippen molar-refractivity contribution in [1.29, 1.82) is 0 Å². The lowest BCUT2D eigenvalue weighted by Gasteiger charge is -2.05. The molecule has 0 aliphatic carbocycles. The maximum Gasteiger partial charge on any atom is 0.105 e. The highest BCUT2D eigenvalue weighted by molar-refractivity contribution is 7.84. The van der Waals surface area contributed by atoms with Crippen molar-refractivity contribution < 1.29 is 4.21 Å². The number of hydrogen-bond acceptors (Lipinski definition) is 3. The minimum absolute atomic E-state index is 0.692. The van der Waals surface area contributed by atoms with E-state index < -0.39 is 10.8 Å².